The maximum Gasteiger partial charge on any atom is 0.188 e. The Morgan fingerprint density at radius 3 is 2.48 bits per heavy atom. The normalized spacial score (nSPS) is 17.2. The van der Waals surface area contributed by atoms with Crippen molar-refractivity contribution in [2.24, 2.45) is 10.7 Å². The molecule has 0 aliphatic heterocycles. The molecule has 140 valence electrons. The van der Waals surface area contributed by atoms with E-state index in [0.29, 0.717) is 25.7 Å². The number of nitrogens with zero attached hydrogens (tertiary/aromatic N) is 1. The quantitative estimate of drug-likeness (QED) is 0.428. The number of guanidine groups is 1. The first kappa shape index (κ1) is 19.4. The van der Waals surface area contributed by atoms with Gasteiger partial charge in [-0.25, -0.2) is 0 Å². The van der Waals surface area contributed by atoms with E-state index in [4.69, 9.17) is 19.9 Å². The molecule has 6 nitrogen and oxygen atoms in total. The Morgan fingerprint density at radius 2 is 1.84 bits per heavy atom. The Labute approximate surface area is 150 Å². The molecule has 1 saturated carbocycles. The van der Waals surface area contributed by atoms with Gasteiger partial charge in [0, 0.05) is 19.1 Å². The van der Waals surface area contributed by atoms with E-state index in [0.717, 1.165) is 24.3 Å². The van der Waals surface area contributed by atoms with Crippen LogP contribution in [0.1, 0.15) is 37.7 Å². The summed E-state index contributed by atoms with van der Waals surface area (Å²) in [5, 5.41) is 3.09. The van der Waals surface area contributed by atoms with Gasteiger partial charge in [0.15, 0.2) is 17.5 Å². The van der Waals surface area contributed by atoms with Gasteiger partial charge in [-0.05, 0) is 30.5 Å². The topological polar surface area (TPSA) is 78.1 Å². The van der Waals surface area contributed by atoms with Crippen molar-refractivity contribution in [2.75, 3.05) is 41.0 Å². The van der Waals surface area contributed by atoms with E-state index in [-0.39, 0.29) is 5.41 Å². The molecule has 3 N–H and O–H groups in total. The molecule has 6 heteroatoms. The summed E-state index contributed by atoms with van der Waals surface area (Å²) in [4.78, 5) is 4.62. The highest BCUT2D eigenvalue weighted by molar-refractivity contribution is 5.77. The first-order valence-corrected chi connectivity index (χ1v) is 8.90. The lowest BCUT2D eigenvalue weighted by Gasteiger charge is -2.37. The van der Waals surface area contributed by atoms with Crippen molar-refractivity contribution in [1.82, 2.24) is 5.32 Å². The molecule has 2 rings (SSSR count). The van der Waals surface area contributed by atoms with Gasteiger partial charge in [0.05, 0.1) is 27.4 Å². The van der Waals surface area contributed by atoms with Crippen molar-refractivity contribution >= 4 is 5.96 Å². The molecule has 0 bridgehead atoms. The minimum absolute atomic E-state index is 0.00532. The molecule has 0 unspecified atom stereocenters. The molecule has 0 spiro atoms. The molecule has 0 amide bonds. The summed E-state index contributed by atoms with van der Waals surface area (Å²) in [6.07, 6.45) is 5.91. The molecule has 1 aliphatic rings. The molecule has 0 atom stereocenters. The third-order valence-corrected chi connectivity index (χ3v) is 4.97. The van der Waals surface area contributed by atoms with Gasteiger partial charge in [0.25, 0.3) is 0 Å². The van der Waals surface area contributed by atoms with E-state index in [1.807, 2.05) is 6.07 Å². The summed E-state index contributed by atoms with van der Waals surface area (Å²) >= 11 is 0. The van der Waals surface area contributed by atoms with Gasteiger partial charge in [0.1, 0.15) is 0 Å². The molecule has 0 aromatic heterocycles. The number of nitrogens with two attached hydrogens (primary N) is 1. The van der Waals surface area contributed by atoms with Crippen LogP contribution >= 0.6 is 0 Å². The van der Waals surface area contributed by atoms with Gasteiger partial charge in [-0.15, -0.1) is 0 Å². The summed E-state index contributed by atoms with van der Waals surface area (Å²) in [6, 6.07) is 6.21. The number of hydrogen-bond donors (Lipinski definition) is 2. The SMILES string of the molecule is COCCNC(N)=NCC1(c2ccc(OC)c(OC)c2)CCCCC1. The van der Waals surface area contributed by atoms with Crippen LogP contribution in [0.15, 0.2) is 23.2 Å². The molecular formula is C19H31N3O3. The molecule has 25 heavy (non-hydrogen) atoms. The van der Waals surface area contributed by atoms with Crippen LogP contribution in [-0.4, -0.2) is 47.0 Å². The largest absolute Gasteiger partial charge is 0.493 e. The zero-order valence-electron chi connectivity index (χ0n) is 15.6. The summed E-state index contributed by atoms with van der Waals surface area (Å²) in [5.41, 5.74) is 7.26. The highest BCUT2D eigenvalue weighted by Crippen LogP contribution is 2.42. The highest BCUT2D eigenvalue weighted by atomic mass is 16.5. The lowest BCUT2D eigenvalue weighted by molar-refractivity contribution is 0.204. The zero-order valence-corrected chi connectivity index (χ0v) is 15.6. The van der Waals surface area contributed by atoms with Crippen molar-refractivity contribution < 1.29 is 14.2 Å². The van der Waals surface area contributed by atoms with E-state index < -0.39 is 0 Å². The molecule has 1 fully saturated rings. The molecule has 1 aromatic rings. The van der Waals surface area contributed by atoms with Crippen LogP contribution in [0.3, 0.4) is 0 Å². The van der Waals surface area contributed by atoms with Crippen LogP contribution in [-0.2, 0) is 10.2 Å². The molecular weight excluding hydrogens is 318 g/mol. The maximum atomic E-state index is 6.01. The molecule has 0 saturated heterocycles. The van der Waals surface area contributed by atoms with Crippen LogP contribution < -0.4 is 20.5 Å². The minimum Gasteiger partial charge on any atom is -0.493 e. The smallest absolute Gasteiger partial charge is 0.188 e. The van der Waals surface area contributed by atoms with Gasteiger partial charge in [-0.2, -0.15) is 0 Å². The monoisotopic (exact) mass is 349 g/mol. The number of benzene rings is 1. The zero-order chi connectivity index (χ0) is 18.1. The van der Waals surface area contributed by atoms with E-state index >= 15 is 0 Å². The lowest BCUT2D eigenvalue weighted by atomic mass is 9.69. The fourth-order valence-corrected chi connectivity index (χ4v) is 3.51. The lowest BCUT2D eigenvalue weighted by Crippen LogP contribution is -2.38. The van der Waals surface area contributed by atoms with Gasteiger partial charge < -0.3 is 25.3 Å². The van der Waals surface area contributed by atoms with E-state index in [1.54, 1.807) is 21.3 Å². The maximum absolute atomic E-state index is 6.01. The molecule has 0 heterocycles. The van der Waals surface area contributed by atoms with Gasteiger partial charge in [0.2, 0.25) is 0 Å². The standard InChI is InChI=1S/C19H31N3O3/c1-23-12-11-21-18(20)22-14-19(9-5-4-6-10-19)15-7-8-16(24-2)17(13-15)25-3/h7-8,13H,4-6,9-12,14H2,1-3H3,(H3,20,21,22). The third-order valence-electron chi connectivity index (χ3n) is 4.97. The van der Waals surface area contributed by atoms with Crippen molar-refractivity contribution in [2.45, 2.75) is 37.5 Å². The summed E-state index contributed by atoms with van der Waals surface area (Å²) in [5.74, 6) is 1.99. The Balaban J connectivity index is 2.21. The Bertz CT molecular complexity index is 569. The van der Waals surface area contributed by atoms with Crippen LogP contribution in [0.5, 0.6) is 11.5 Å². The minimum atomic E-state index is 0.00532. The van der Waals surface area contributed by atoms with Gasteiger partial charge >= 0.3 is 0 Å². The Kier molecular flexibility index (Phi) is 7.37. The third kappa shape index (κ3) is 5.01. The number of hydrogen-bond acceptors (Lipinski definition) is 4. The number of aliphatic imine (C=N–C) groups is 1. The Hall–Kier alpha value is -1.95. The number of methoxy groups -OCH3 is 3. The Morgan fingerprint density at radius 1 is 1.12 bits per heavy atom. The van der Waals surface area contributed by atoms with Crippen LogP contribution in [0.4, 0.5) is 0 Å². The van der Waals surface area contributed by atoms with Crippen LogP contribution in [0, 0.1) is 0 Å². The van der Waals surface area contributed by atoms with E-state index in [2.05, 4.69) is 22.4 Å². The first-order chi connectivity index (χ1) is 12.1. The van der Waals surface area contributed by atoms with Gasteiger partial charge in [-0.1, -0.05) is 25.3 Å². The fraction of sp³-hybridized carbons (Fsp3) is 0.632. The average molecular weight is 349 g/mol. The fourth-order valence-electron chi connectivity index (χ4n) is 3.51. The van der Waals surface area contributed by atoms with Gasteiger partial charge in [-0.3, -0.25) is 4.99 Å². The highest BCUT2D eigenvalue weighted by Gasteiger charge is 2.34. The van der Waals surface area contributed by atoms with Crippen LogP contribution in [0.2, 0.25) is 0 Å². The first-order valence-electron chi connectivity index (χ1n) is 8.90. The van der Waals surface area contributed by atoms with E-state index in [1.165, 1.54) is 24.8 Å². The number of nitrogens with one attached hydrogen (secondary N) is 1. The van der Waals surface area contributed by atoms with Crippen molar-refractivity contribution in [1.29, 1.82) is 0 Å². The molecule has 1 aliphatic carbocycles. The van der Waals surface area contributed by atoms with Crippen molar-refractivity contribution in [3.8, 4) is 11.5 Å². The second-order valence-electron chi connectivity index (χ2n) is 6.53. The molecule has 1 aromatic carbocycles. The number of ether oxygens (including phenoxy) is 3. The molecule has 0 radical (unpaired) electrons. The second-order valence-corrected chi connectivity index (χ2v) is 6.53. The summed E-state index contributed by atoms with van der Waals surface area (Å²) < 4.78 is 15.9. The van der Waals surface area contributed by atoms with Crippen molar-refractivity contribution in [3.63, 3.8) is 0 Å². The number of rotatable bonds is 8. The van der Waals surface area contributed by atoms with Crippen LogP contribution in [0.25, 0.3) is 0 Å². The summed E-state index contributed by atoms with van der Waals surface area (Å²) in [7, 11) is 5.00. The average Bonchev–Trinajstić information content (AvgIpc) is 2.66. The van der Waals surface area contributed by atoms with E-state index in [9.17, 15) is 0 Å². The second kappa shape index (κ2) is 9.51. The summed E-state index contributed by atoms with van der Waals surface area (Å²) in [6.45, 7) is 1.94. The van der Waals surface area contributed by atoms with Crippen molar-refractivity contribution in [3.05, 3.63) is 23.8 Å². The predicted molar refractivity (Wildman–Crippen MR) is 101 cm³/mol. The predicted octanol–water partition coefficient (Wildman–Crippen LogP) is 2.46.